The Kier molecular flexibility index (Phi) is 4.65. The van der Waals surface area contributed by atoms with Crippen LogP contribution in [0.25, 0.3) is 0 Å². The molecule has 5 heteroatoms. The van der Waals surface area contributed by atoms with Crippen molar-refractivity contribution in [1.82, 2.24) is 14.4 Å². The maximum absolute atomic E-state index is 13.4. The van der Waals surface area contributed by atoms with Crippen molar-refractivity contribution in [1.29, 1.82) is 0 Å². The predicted octanol–water partition coefficient (Wildman–Crippen LogP) is 3.83. The van der Waals surface area contributed by atoms with Crippen LogP contribution in [0.3, 0.4) is 0 Å². The van der Waals surface area contributed by atoms with E-state index >= 15 is 0 Å². The van der Waals surface area contributed by atoms with Gasteiger partial charge in [-0.3, -0.25) is 14.6 Å². The van der Waals surface area contributed by atoms with Gasteiger partial charge in [0, 0.05) is 49.9 Å². The van der Waals surface area contributed by atoms with Gasteiger partial charge in [-0.1, -0.05) is 18.9 Å². The molecule has 2 aromatic rings. The van der Waals surface area contributed by atoms with E-state index in [1.54, 1.807) is 6.26 Å². The summed E-state index contributed by atoms with van der Waals surface area (Å²) in [4.78, 5) is 18.4. The van der Waals surface area contributed by atoms with Gasteiger partial charge in [-0.05, 0) is 61.8 Å². The molecule has 4 aliphatic rings. The molecule has 0 amide bonds. The van der Waals surface area contributed by atoms with Crippen molar-refractivity contribution in [3.05, 3.63) is 57.9 Å². The minimum atomic E-state index is 0.272. The number of aromatic nitrogens is 1. The summed E-state index contributed by atoms with van der Waals surface area (Å²) < 4.78 is 7.68. The molecule has 2 bridgehead atoms. The first-order chi connectivity index (χ1) is 14.7. The molecule has 0 aromatic carbocycles. The van der Waals surface area contributed by atoms with Crippen LogP contribution in [0.4, 0.5) is 0 Å². The van der Waals surface area contributed by atoms with Crippen LogP contribution in [-0.4, -0.2) is 40.5 Å². The van der Waals surface area contributed by atoms with Gasteiger partial charge in [-0.2, -0.15) is 0 Å². The van der Waals surface area contributed by atoms with E-state index in [1.807, 2.05) is 6.07 Å². The Morgan fingerprint density at radius 2 is 1.90 bits per heavy atom. The fourth-order valence-electron chi connectivity index (χ4n) is 6.90. The summed E-state index contributed by atoms with van der Waals surface area (Å²) in [7, 11) is 0. The lowest BCUT2D eigenvalue weighted by atomic mass is 9.83. The largest absolute Gasteiger partial charge is 0.468 e. The summed E-state index contributed by atoms with van der Waals surface area (Å²) in [5.74, 6) is 2.06. The van der Waals surface area contributed by atoms with Gasteiger partial charge >= 0.3 is 0 Å². The molecule has 3 fully saturated rings. The van der Waals surface area contributed by atoms with Crippen molar-refractivity contribution in [2.45, 2.75) is 64.1 Å². The van der Waals surface area contributed by atoms with Gasteiger partial charge < -0.3 is 8.98 Å². The summed E-state index contributed by atoms with van der Waals surface area (Å²) in [6.45, 7) is 7.01. The van der Waals surface area contributed by atoms with E-state index in [2.05, 4.69) is 32.6 Å². The fraction of sp³-hybridized carbons (Fsp3) is 0.640. The number of hydrogen-bond donors (Lipinski definition) is 0. The minimum Gasteiger partial charge on any atom is -0.468 e. The highest BCUT2D eigenvalue weighted by molar-refractivity contribution is 5.23. The number of piperidine rings is 1. The van der Waals surface area contributed by atoms with E-state index in [0.29, 0.717) is 17.3 Å². The van der Waals surface area contributed by atoms with Crippen molar-refractivity contribution in [3.8, 4) is 0 Å². The van der Waals surface area contributed by atoms with E-state index in [1.165, 1.54) is 50.8 Å². The average Bonchev–Trinajstić information content (AvgIpc) is 3.49. The van der Waals surface area contributed by atoms with Crippen LogP contribution in [0.5, 0.6) is 0 Å². The molecule has 1 spiro atoms. The Balaban J connectivity index is 1.19. The van der Waals surface area contributed by atoms with Gasteiger partial charge in [0.05, 0.1) is 12.8 Å². The van der Waals surface area contributed by atoms with Gasteiger partial charge in [0.1, 0.15) is 5.76 Å². The zero-order valence-corrected chi connectivity index (χ0v) is 17.9. The number of likely N-dealkylation sites (tertiary alicyclic amines) is 2. The summed E-state index contributed by atoms with van der Waals surface area (Å²) in [5.41, 5.74) is 3.09. The fourth-order valence-corrected chi connectivity index (χ4v) is 6.90. The second-order valence-corrected chi connectivity index (χ2v) is 10.4. The molecule has 0 unspecified atom stereocenters. The highest BCUT2D eigenvalue weighted by Gasteiger charge is 2.40. The molecule has 30 heavy (non-hydrogen) atoms. The SMILES string of the molecule is O=c1c(CN2CCC3(CCCC3)C2)ccc2n1C[C@H]1C[C@@H]2CN(Cc2ccco2)C1. The van der Waals surface area contributed by atoms with Crippen LogP contribution in [0.2, 0.25) is 0 Å². The van der Waals surface area contributed by atoms with Crippen LogP contribution >= 0.6 is 0 Å². The molecule has 6 rings (SSSR count). The molecule has 2 saturated heterocycles. The predicted molar refractivity (Wildman–Crippen MR) is 116 cm³/mol. The smallest absolute Gasteiger partial charge is 0.255 e. The van der Waals surface area contributed by atoms with Crippen LogP contribution in [-0.2, 0) is 19.6 Å². The number of furan rings is 1. The van der Waals surface area contributed by atoms with Crippen LogP contribution in [0.15, 0.2) is 39.7 Å². The van der Waals surface area contributed by atoms with Crippen LogP contribution in [0, 0.1) is 11.3 Å². The molecule has 0 N–H and O–H groups in total. The molecule has 3 aliphatic heterocycles. The third-order valence-corrected chi connectivity index (χ3v) is 8.29. The van der Waals surface area contributed by atoms with Gasteiger partial charge in [0.25, 0.3) is 5.56 Å². The lowest BCUT2D eigenvalue weighted by Gasteiger charge is -2.42. The summed E-state index contributed by atoms with van der Waals surface area (Å²) >= 11 is 0. The quantitative estimate of drug-likeness (QED) is 0.773. The molecule has 2 atom stereocenters. The molecule has 5 nitrogen and oxygen atoms in total. The second kappa shape index (κ2) is 7.38. The topological polar surface area (TPSA) is 41.6 Å². The van der Waals surface area contributed by atoms with Crippen molar-refractivity contribution >= 4 is 0 Å². The third kappa shape index (κ3) is 3.36. The van der Waals surface area contributed by atoms with E-state index in [0.717, 1.165) is 50.6 Å². The van der Waals surface area contributed by atoms with E-state index in [9.17, 15) is 4.79 Å². The van der Waals surface area contributed by atoms with Crippen LogP contribution in [0.1, 0.15) is 61.5 Å². The zero-order chi connectivity index (χ0) is 20.1. The monoisotopic (exact) mass is 407 g/mol. The van der Waals surface area contributed by atoms with Gasteiger partial charge in [-0.15, -0.1) is 0 Å². The maximum Gasteiger partial charge on any atom is 0.255 e. The van der Waals surface area contributed by atoms with E-state index < -0.39 is 0 Å². The Labute approximate surface area is 178 Å². The van der Waals surface area contributed by atoms with Crippen molar-refractivity contribution in [2.75, 3.05) is 26.2 Å². The molecule has 0 radical (unpaired) electrons. The van der Waals surface area contributed by atoms with Crippen molar-refractivity contribution < 1.29 is 4.42 Å². The van der Waals surface area contributed by atoms with E-state index in [-0.39, 0.29) is 5.56 Å². The summed E-state index contributed by atoms with van der Waals surface area (Å²) in [6, 6.07) is 8.42. The second-order valence-electron chi connectivity index (χ2n) is 10.4. The Morgan fingerprint density at radius 3 is 2.73 bits per heavy atom. The summed E-state index contributed by atoms with van der Waals surface area (Å²) in [5, 5.41) is 0. The third-order valence-electron chi connectivity index (χ3n) is 8.29. The molecule has 1 saturated carbocycles. The number of hydrogen-bond acceptors (Lipinski definition) is 4. The first-order valence-electron chi connectivity index (χ1n) is 11.9. The Bertz CT molecular complexity index is 957. The first-order valence-corrected chi connectivity index (χ1v) is 11.9. The maximum atomic E-state index is 13.4. The van der Waals surface area contributed by atoms with Crippen LogP contribution < -0.4 is 5.56 Å². The number of nitrogens with zero attached hydrogens (tertiary/aromatic N) is 3. The number of rotatable bonds is 4. The Hall–Kier alpha value is -1.85. The molecule has 2 aromatic heterocycles. The first kappa shape index (κ1) is 18.9. The summed E-state index contributed by atoms with van der Waals surface area (Å²) in [6.07, 6.45) is 9.88. The van der Waals surface area contributed by atoms with Gasteiger partial charge in [0.15, 0.2) is 0 Å². The normalized spacial score (nSPS) is 28.3. The lowest BCUT2D eigenvalue weighted by molar-refractivity contribution is 0.107. The standard InChI is InChI=1S/C25H33N3O2/c29-24-20(15-26-10-9-25(18-26)7-1-2-8-25)5-6-23-21-12-19(14-28(23)24)13-27(16-21)17-22-4-3-11-30-22/h3-6,11,19,21H,1-2,7-10,12-18H2/t19-,21+/m0/s1. The highest BCUT2D eigenvalue weighted by Crippen LogP contribution is 2.45. The molecule has 160 valence electrons. The van der Waals surface area contributed by atoms with E-state index in [4.69, 9.17) is 4.42 Å². The lowest BCUT2D eigenvalue weighted by Crippen LogP contribution is -2.47. The average molecular weight is 408 g/mol. The molecular formula is C25H33N3O2. The molecular weight excluding hydrogens is 374 g/mol. The van der Waals surface area contributed by atoms with Gasteiger partial charge in [0.2, 0.25) is 0 Å². The van der Waals surface area contributed by atoms with Gasteiger partial charge in [-0.25, -0.2) is 0 Å². The number of pyridine rings is 1. The number of fused-ring (bicyclic) bond motifs is 4. The zero-order valence-electron chi connectivity index (χ0n) is 17.9. The van der Waals surface area contributed by atoms with Crippen molar-refractivity contribution in [2.24, 2.45) is 11.3 Å². The minimum absolute atomic E-state index is 0.272. The molecule has 5 heterocycles. The van der Waals surface area contributed by atoms with Crippen molar-refractivity contribution in [3.63, 3.8) is 0 Å². The highest BCUT2D eigenvalue weighted by atomic mass is 16.3. The molecule has 1 aliphatic carbocycles. The Morgan fingerprint density at radius 1 is 1.00 bits per heavy atom.